The van der Waals surface area contributed by atoms with E-state index in [2.05, 4.69) is 18.2 Å². The normalized spacial score (nSPS) is 26.0. The molecule has 192 valence electrons. The Morgan fingerprint density at radius 1 is 1.19 bits per heavy atom. The van der Waals surface area contributed by atoms with E-state index in [-0.39, 0.29) is 41.7 Å². The lowest BCUT2D eigenvalue weighted by Gasteiger charge is -2.38. The minimum atomic E-state index is -0.736. The molecule has 0 unspecified atom stereocenters. The van der Waals surface area contributed by atoms with Crippen LogP contribution < -0.4 is 4.74 Å². The van der Waals surface area contributed by atoms with E-state index in [1.165, 1.54) is 19.2 Å². The van der Waals surface area contributed by atoms with Gasteiger partial charge < -0.3 is 19.3 Å². The average Bonchev–Trinajstić information content (AvgIpc) is 3.47. The maximum atomic E-state index is 13.7. The highest BCUT2D eigenvalue weighted by atomic mass is 19.1. The van der Waals surface area contributed by atoms with Gasteiger partial charge in [0.25, 0.3) is 0 Å². The molecule has 2 aromatic rings. The van der Waals surface area contributed by atoms with Crippen molar-refractivity contribution in [2.45, 2.75) is 49.7 Å². The second-order valence-corrected chi connectivity index (χ2v) is 9.65. The van der Waals surface area contributed by atoms with E-state index in [1.54, 1.807) is 0 Å². The van der Waals surface area contributed by atoms with Crippen LogP contribution in [-0.4, -0.2) is 43.6 Å². The number of aliphatic hydroxyl groups excluding tert-OH is 1. The Morgan fingerprint density at radius 3 is 2.72 bits per heavy atom. The topological polar surface area (TPSA) is 65.0 Å². The number of benzene rings is 2. The lowest BCUT2D eigenvalue weighted by atomic mass is 9.69. The summed E-state index contributed by atoms with van der Waals surface area (Å²) in [5.41, 5.74) is 0.897. The number of rotatable bonds is 12. The van der Waals surface area contributed by atoms with Gasteiger partial charge in [-0.3, -0.25) is 4.79 Å². The summed E-state index contributed by atoms with van der Waals surface area (Å²) in [6.45, 7) is 0.779. The van der Waals surface area contributed by atoms with Crippen LogP contribution in [-0.2, 0) is 19.7 Å². The number of methoxy groups -OCH3 is 1. The summed E-state index contributed by atoms with van der Waals surface area (Å²) in [5.74, 6) is 0.651. The largest absolute Gasteiger partial charge is 0.491 e. The van der Waals surface area contributed by atoms with Crippen molar-refractivity contribution in [3.8, 4) is 5.75 Å². The van der Waals surface area contributed by atoms with Gasteiger partial charge in [0.15, 0.2) is 0 Å². The number of allylic oxidation sites excluding steroid dienone is 2. The van der Waals surface area contributed by atoms with Crippen LogP contribution >= 0.6 is 0 Å². The molecule has 0 spiro atoms. The fourth-order valence-corrected chi connectivity index (χ4v) is 5.54. The van der Waals surface area contributed by atoms with E-state index in [0.29, 0.717) is 13.0 Å². The van der Waals surface area contributed by atoms with Gasteiger partial charge in [0.2, 0.25) is 0 Å². The summed E-state index contributed by atoms with van der Waals surface area (Å²) in [6, 6.07) is 16.2. The number of hydrogen-bond acceptors (Lipinski definition) is 5. The van der Waals surface area contributed by atoms with Gasteiger partial charge in [0, 0.05) is 17.8 Å². The monoisotopic (exact) mass is 494 g/mol. The second-order valence-electron chi connectivity index (χ2n) is 9.65. The highest BCUT2D eigenvalue weighted by molar-refractivity contribution is 5.69. The molecule has 0 aromatic heterocycles. The number of carbonyl (C=O) groups excluding carboxylic acids is 1. The van der Waals surface area contributed by atoms with Crippen molar-refractivity contribution in [1.29, 1.82) is 0 Å². The van der Waals surface area contributed by atoms with Crippen LogP contribution in [0.1, 0.15) is 37.7 Å². The Balaban J connectivity index is 1.45. The van der Waals surface area contributed by atoms with Gasteiger partial charge >= 0.3 is 5.97 Å². The molecule has 0 amide bonds. The minimum absolute atomic E-state index is 0.0475. The Bertz CT molecular complexity index is 1040. The number of para-hydroxylation sites is 1. The molecule has 1 saturated heterocycles. The first-order valence-electron chi connectivity index (χ1n) is 12.7. The van der Waals surface area contributed by atoms with Crippen molar-refractivity contribution in [3.63, 3.8) is 0 Å². The number of hydrogen-bond donors (Lipinski definition) is 1. The molecule has 5 nitrogen and oxygen atoms in total. The Kier molecular flexibility index (Phi) is 8.94. The first-order chi connectivity index (χ1) is 17.5. The van der Waals surface area contributed by atoms with Gasteiger partial charge in [-0.15, -0.1) is 0 Å². The molecule has 2 aliphatic rings. The van der Waals surface area contributed by atoms with Crippen LogP contribution in [0.15, 0.2) is 78.9 Å². The molecule has 2 aromatic carbocycles. The first kappa shape index (κ1) is 26.1. The molecule has 6 heteroatoms. The lowest BCUT2D eigenvalue weighted by molar-refractivity contribution is -0.140. The number of esters is 1. The molecule has 2 fully saturated rings. The molecule has 5 atom stereocenters. The Hall–Kier alpha value is -2.96. The molecule has 0 radical (unpaired) electrons. The molecule has 1 saturated carbocycles. The summed E-state index contributed by atoms with van der Waals surface area (Å²) in [6.07, 6.45) is 11.2. The highest BCUT2D eigenvalue weighted by Crippen LogP contribution is 2.57. The number of carbonyl (C=O) groups is 1. The van der Waals surface area contributed by atoms with Gasteiger partial charge in [0.1, 0.15) is 24.3 Å². The summed E-state index contributed by atoms with van der Waals surface area (Å²) in [4.78, 5) is 11.3. The van der Waals surface area contributed by atoms with Crippen molar-refractivity contribution in [1.82, 2.24) is 0 Å². The Morgan fingerprint density at radius 2 is 1.97 bits per heavy atom. The molecule has 2 bridgehead atoms. The molecule has 1 N–H and O–H groups in total. The predicted octanol–water partition coefficient (Wildman–Crippen LogP) is 5.38. The Labute approximate surface area is 212 Å². The number of ether oxygens (including phenoxy) is 3. The van der Waals surface area contributed by atoms with Crippen LogP contribution in [0, 0.1) is 17.7 Å². The van der Waals surface area contributed by atoms with Gasteiger partial charge in [-0.1, -0.05) is 54.6 Å². The number of fused-ring (bicyclic) bond motifs is 2. The summed E-state index contributed by atoms with van der Waals surface area (Å²) < 4.78 is 30.3. The van der Waals surface area contributed by atoms with Crippen molar-refractivity contribution in [2.24, 2.45) is 11.8 Å². The predicted molar refractivity (Wildman–Crippen MR) is 136 cm³/mol. The molecule has 4 rings (SSSR count). The summed E-state index contributed by atoms with van der Waals surface area (Å²) in [7, 11) is 1.41. The van der Waals surface area contributed by atoms with Crippen molar-refractivity contribution in [2.75, 3.05) is 20.3 Å². The molecule has 36 heavy (non-hydrogen) atoms. The average molecular weight is 495 g/mol. The van der Waals surface area contributed by atoms with E-state index in [1.807, 2.05) is 48.5 Å². The zero-order valence-corrected chi connectivity index (χ0v) is 20.7. The third-order valence-corrected chi connectivity index (χ3v) is 7.40. The molecular formula is C30H35FO5. The maximum Gasteiger partial charge on any atom is 0.305 e. The molecule has 1 aliphatic carbocycles. The third-order valence-electron chi connectivity index (χ3n) is 7.40. The fraction of sp³-hybridized carbons (Fsp3) is 0.433. The van der Waals surface area contributed by atoms with E-state index in [0.717, 1.165) is 37.0 Å². The van der Waals surface area contributed by atoms with Gasteiger partial charge in [-0.2, -0.15) is 0 Å². The van der Waals surface area contributed by atoms with Crippen molar-refractivity contribution >= 4 is 5.97 Å². The smallest absolute Gasteiger partial charge is 0.305 e. The highest BCUT2D eigenvalue weighted by Gasteiger charge is 2.58. The maximum absolute atomic E-state index is 13.7. The number of unbranched alkanes of at least 4 members (excludes halogenated alkanes) is 1. The molecule has 1 heterocycles. The number of halogens is 1. The van der Waals surface area contributed by atoms with Crippen LogP contribution in [0.25, 0.3) is 0 Å². The van der Waals surface area contributed by atoms with Gasteiger partial charge in [-0.05, 0) is 61.4 Å². The third kappa shape index (κ3) is 6.23. The summed E-state index contributed by atoms with van der Waals surface area (Å²) >= 11 is 0. The van der Waals surface area contributed by atoms with Crippen LogP contribution in [0.3, 0.4) is 0 Å². The van der Waals surface area contributed by atoms with E-state index in [9.17, 15) is 14.3 Å². The lowest BCUT2D eigenvalue weighted by Crippen LogP contribution is -2.39. The second kappa shape index (κ2) is 12.3. The molecular weight excluding hydrogens is 459 g/mol. The first-order valence-corrected chi connectivity index (χ1v) is 12.7. The van der Waals surface area contributed by atoms with E-state index >= 15 is 0 Å². The zero-order chi connectivity index (χ0) is 25.4. The van der Waals surface area contributed by atoms with Gasteiger partial charge in [-0.25, -0.2) is 4.39 Å². The van der Waals surface area contributed by atoms with Crippen LogP contribution in [0.4, 0.5) is 4.39 Å². The molecule has 1 aliphatic heterocycles. The van der Waals surface area contributed by atoms with Crippen molar-refractivity contribution in [3.05, 3.63) is 90.3 Å². The van der Waals surface area contributed by atoms with E-state index in [4.69, 9.17) is 14.2 Å². The van der Waals surface area contributed by atoms with E-state index < -0.39 is 6.10 Å². The fourth-order valence-electron chi connectivity index (χ4n) is 5.54. The van der Waals surface area contributed by atoms with Crippen molar-refractivity contribution < 1.29 is 28.5 Å². The standard InChI is InChI=1S/C30H35FO5/c1-34-29(33)12-8-3-2-7-11-27-26(18-17-24(32)20-35-25-9-5-4-6-10-25)28-19-30(27,21-36-28)22-13-15-23(31)16-14-22/h2,4-7,9-10,13-18,24,26-28,32H,3,8,11-12,19-21H2,1H3/t24-,26+,27+,28+,30+/m1/s1. The minimum Gasteiger partial charge on any atom is -0.491 e. The SMILES string of the molecule is COC(=O)CCCC=CC[C@H]1[C@H](C=C[C@@H](O)COc2ccccc2)[C@@H]2C[C@@]1(c1ccc(F)cc1)CO2. The summed E-state index contributed by atoms with van der Waals surface area (Å²) in [5, 5.41) is 10.5. The van der Waals surface area contributed by atoms with Crippen LogP contribution in [0.2, 0.25) is 0 Å². The number of aliphatic hydroxyl groups is 1. The van der Waals surface area contributed by atoms with Crippen LogP contribution in [0.5, 0.6) is 5.75 Å². The van der Waals surface area contributed by atoms with Gasteiger partial charge in [0.05, 0.1) is 19.8 Å². The quantitative estimate of drug-likeness (QED) is 0.244. The zero-order valence-electron chi connectivity index (χ0n) is 20.7.